The Labute approximate surface area is 94.7 Å². The fourth-order valence-electron chi connectivity index (χ4n) is 1.47. The van der Waals surface area contributed by atoms with E-state index in [1.807, 2.05) is 0 Å². The van der Waals surface area contributed by atoms with Gasteiger partial charge in [0.2, 0.25) is 0 Å². The van der Waals surface area contributed by atoms with Crippen molar-refractivity contribution >= 4 is 17.5 Å². The van der Waals surface area contributed by atoms with Crippen LogP contribution in [0.2, 0.25) is 0 Å². The number of amides is 1. The third-order valence-corrected chi connectivity index (χ3v) is 2.55. The summed E-state index contributed by atoms with van der Waals surface area (Å²) < 4.78 is 40.9. The predicted octanol–water partition coefficient (Wildman–Crippen LogP) is 0.768. The number of ether oxygens (including phenoxy) is 1. The number of aliphatic hydroxyl groups excluding tert-OH is 1. The summed E-state index contributed by atoms with van der Waals surface area (Å²) in [5.74, 6) is -2.10. The van der Waals surface area contributed by atoms with Crippen LogP contribution < -0.4 is 5.32 Å². The lowest BCUT2D eigenvalue weighted by molar-refractivity contribution is -0.178. The molecule has 16 heavy (non-hydrogen) atoms. The second-order valence-electron chi connectivity index (χ2n) is 3.55. The van der Waals surface area contributed by atoms with Gasteiger partial charge in [-0.25, -0.2) is 0 Å². The first-order valence-electron chi connectivity index (χ1n) is 4.57. The Morgan fingerprint density at radius 3 is 2.56 bits per heavy atom. The van der Waals surface area contributed by atoms with Crippen LogP contribution in [0.25, 0.3) is 0 Å². The van der Waals surface area contributed by atoms with Crippen molar-refractivity contribution in [1.29, 1.82) is 0 Å². The first kappa shape index (κ1) is 13.5. The number of carbonyl (C=O) groups is 1. The summed E-state index contributed by atoms with van der Waals surface area (Å²) in [6, 6.07) is -1.11. The van der Waals surface area contributed by atoms with E-state index in [1.165, 1.54) is 6.92 Å². The summed E-state index contributed by atoms with van der Waals surface area (Å²) in [6.07, 6.45) is -6.94. The molecule has 4 atom stereocenters. The maximum absolute atomic E-state index is 12.0. The van der Waals surface area contributed by atoms with Crippen molar-refractivity contribution in [2.75, 3.05) is 0 Å². The molecule has 0 radical (unpaired) electrons. The van der Waals surface area contributed by atoms with E-state index < -0.39 is 35.9 Å². The smallest absolute Gasteiger partial charge is 0.391 e. The molecule has 1 saturated heterocycles. The number of alkyl halides is 4. The van der Waals surface area contributed by atoms with Crippen LogP contribution in [0.1, 0.15) is 13.3 Å². The van der Waals surface area contributed by atoms with Crippen molar-refractivity contribution in [3.05, 3.63) is 0 Å². The second-order valence-corrected chi connectivity index (χ2v) is 4.04. The molecular formula is C8H11ClF3NO3. The number of hydrogen-bond acceptors (Lipinski definition) is 3. The monoisotopic (exact) mass is 261 g/mol. The van der Waals surface area contributed by atoms with Gasteiger partial charge in [-0.2, -0.15) is 13.2 Å². The highest BCUT2D eigenvalue weighted by molar-refractivity contribution is 6.19. The zero-order valence-electron chi connectivity index (χ0n) is 8.29. The summed E-state index contributed by atoms with van der Waals surface area (Å²) in [5, 5.41) is 11.2. The standard InChI is InChI=1S/C8H11ClF3NO3/c1-3-6(4(14)2-5(9)16-3)13-7(15)8(10,11)12/h3-6,14H,2H2,1H3,(H,13,15)/t3-,4-,5+,6+/m1/s1. The van der Waals surface area contributed by atoms with E-state index in [-0.39, 0.29) is 6.42 Å². The van der Waals surface area contributed by atoms with E-state index in [9.17, 15) is 23.1 Å². The molecular weight excluding hydrogens is 251 g/mol. The van der Waals surface area contributed by atoms with E-state index in [0.717, 1.165) is 0 Å². The van der Waals surface area contributed by atoms with E-state index in [4.69, 9.17) is 16.3 Å². The lowest BCUT2D eigenvalue weighted by Crippen LogP contribution is -2.57. The Hall–Kier alpha value is -0.530. The van der Waals surface area contributed by atoms with Gasteiger partial charge < -0.3 is 15.2 Å². The first-order valence-corrected chi connectivity index (χ1v) is 5.00. The van der Waals surface area contributed by atoms with E-state index >= 15 is 0 Å². The van der Waals surface area contributed by atoms with Crippen molar-refractivity contribution in [1.82, 2.24) is 5.32 Å². The van der Waals surface area contributed by atoms with Crippen molar-refractivity contribution in [3.63, 3.8) is 0 Å². The summed E-state index contributed by atoms with van der Waals surface area (Å²) >= 11 is 5.58. The van der Waals surface area contributed by atoms with Crippen molar-refractivity contribution in [2.45, 2.75) is 43.3 Å². The third kappa shape index (κ3) is 3.23. The minimum Gasteiger partial charge on any atom is -0.391 e. The Morgan fingerprint density at radius 1 is 1.56 bits per heavy atom. The van der Waals surface area contributed by atoms with Crippen LogP contribution in [0, 0.1) is 0 Å². The first-order chi connectivity index (χ1) is 7.21. The van der Waals surface area contributed by atoms with Gasteiger partial charge >= 0.3 is 12.1 Å². The molecule has 0 saturated carbocycles. The highest BCUT2D eigenvalue weighted by Gasteiger charge is 2.43. The minimum atomic E-state index is -4.97. The maximum atomic E-state index is 12.0. The Bertz CT molecular complexity index is 262. The minimum absolute atomic E-state index is 0.0330. The van der Waals surface area contributed by atoms with Crippen molar-refractivity contribution in [2.24, 2.45) is 0 Å². The Balaban J connectivity index is 2.63. The fraction of sp³-hybridized carbons (Fsp3) is 0.875. The molecule has 0 aromatic rings. The fourth-order valence-corrected chi connectivity index (χ4v) is 1.81. The van der Waals surface area contributed by atoms with Crippen LogP contribution in [-0.4, -0.2) is 41.0 Å². The highest BCUT2D eigenvalue weighted by atomic mass is 35.5. The molecule has 1 amide bonds. The number of hydrogen-bond donors (Lipinski definition) is 2. The van der Waals surface area contributed by atoms with Gasteiger partial charge in [0, 0.05) is 6.42 Å². The van der Waals surface area contributed by atoms with Crippen LogP contribution in [0.4, 0.5) is 13.2 Å². The quantitative estimate of drug-likeness (QED) is 0.686. The molecule has 0 bridgehead atoms. The third-order valence-electron chi connectivity index (χ3n) is 2.26. The van der Waals surface area contributed by atoms with Gasteiger partial charge in [0.25, 0.3) is 0 Å². The molecule has 1 aliphatic heterocycles. The molecule has 8 heteroatoms. The highest BCUT2D eigenvalue weighted by Crippen LogP contribution is 2.24. The average Bonchev–Trinajstić information content (AvgIpc) is 2.08. The molecule has 0 aromatic carbocycles. The van der Waals surface area contributed by atoms with Gasteiger partial charge in [-0.05, 0) is 6.92 Å². The largest absolute Gasteiger partial charge is 0.471 e. The molecule has 0 unspecified atom stereocenters. The molecule has 1 aliphatic rings. The van der Waals surface area contributed by atoms with Gasteiger partial charge in [-0.3, -0.25) is 4.79 Å². The maximum Gasteiger partial charge on any atom is 0.471 e. The van der Waals surface area contributed by atoms with Crippen molar-refractivity contribution in [3.8, 4) is 0 Å². The molecule has 1 heterocycles. The van der Waals surface area contributed by atoms with E-state index in [2.05, 4.69) is 0 Å². The van der Waals surface area contributed by atoms with Crippen LogP contribution in [0.15, 0.2) is 0 Å². The lowest BCUT2D eigenvalue weighted by Gasteiger charge is -2.36. The topological polar surface area (TPSA) is 58.6 Å². The summed E-state index contributed by atoms with van der Waals surface area (Å²) in [7, 11) is 0. The van der Waals surface area contributed by atoms with Crippen LogP contribution >= 0.6 is 11.6 Å². The summed E-state index contributed by atoms with van der Waals surface area (Å²) in [4.78, 5) is 10.7. The Morgan fingerprint density at radius 2 is 2.12 bits per heavy atom. The summed E-state index contributed by atoms with van der Waals surface area (Å²) in [6.45, 7) is 1.43. The zero-order chi connectivity index (χ0) is 12.5. The molecule has 0 spiro atoms. The van der Waals surface area contributed by atoms with Crippen LogP contribution in [-0.2, 0) is 9.53 Å². The van der Waals surface area contributed by atoms with Gasteiger partial charge in [-0.1, -0.05) is 11.6 Å². The predicted molar refractivity (Wildman–Crippen MR) is 48.8 cm³/mol. The molecule has 94 valence electrons. The second kappa shape index (κ2) is 4.77. The van der Waals surface area contributed by atoms with Gasteiger partial charge in [0.05, 0.1) is 18.2 Å². The number of rotatable bonds is 1. The summed E-state index contributed by atoms with van der Waals surface area (Å²) in [5.41, 5.74) is -0.760. The molecule has 1 rings (SSSR count). The van der Waals surface area contributed by atoms with Crippen molar-refractivity contribution < 1.29 is 27.8 Å². The molecule has 4 nitrogen and oxygen atoms in total. The molecule has 0 aromatic heterocycles. The number of nitrogens with one attached hydrogen (secondary N) is 1. The molecule has 0 aliphatic carbocycles. The zero-order valence-corrected chi connectivity index (χ0v) is 9.05. The van der Waals surface area contributed by atoms with Crippen LogP contribution in [0.5, 0.6) is 0 Å². The number of aliphatic hydroxyl groups is 1. The van der Waals surface area contributed by atoms with Gasteiger partial charge in [0.15, 0.2) is 0 Å². The van der Waals surface area contributed by atoms with E-state index in [0.29, 0.717) is 0 Å². The molecule has 2 N–H and O–H groups in total. The average molecular weight is 262 g/mol. The number of halogens is 4. The van der Waals surface area contributed by atoms with Gasteiger partial charge in [-0.15, -0.1) is 0 Å². The van der Waals surface area contributed by atoms with Gasteiger partial charge in [0.1, 0.15) is 5.56 Å². The van der Waals surface area contributed by atoms with E-state index in [1.54, 1.807) is 5.32 Å². The van der Waals surface area contributed by atoms with Crippen LogP contribution in [0.3, 0.4) is 0 Å². The Kier molecular flexibility index (Phi) is 4.03. The normalized spacial score (nSPS) is 35.9. The molecule has 1 fully saturated rings. The SMILES string of the molecule is C[C@H]1O[C@H](Cl)C[C@@H](O)[C@H]1NC(=O)C(F)(F)F. The number of carbonyl (C=O) groups excluding carboxylic acids is 1. The lowest BCUT2D eigenvalue weighted by atomic mass is 10.0.